The summed E-state index contributed by atoms with van der Waals surface area (Å²) >= 11 is 0. The fraction of sp³-hybridized carbons (Fsp3) is 0.192. The summed E-state index contributed by atoms with van der Waals surface area (Å²) < 4.78 is 2.30. The van der Waals surface area contributed by atoms with E-state index in [2.05, 4.69) is 205 Å². The Balaban J connectivity index is 0.875. The van der Waals surface area contributed by atoms with Crippen molar-refractivity contribution in [3.05, 3.63) is 278 Å². The topological polar surface area (TPSA) is 82.6 Å². The molecule has 4 aliphatic heterocycles. The number of allylic oxidation sites excluding steroid dienone is 15. The number of aromatic nitrogens is 3. The molecule has 0 N–H and O–H groups in total. The van der Waals surface area contributed by atoms with Crippen molar-refractivity contribution in [1.82, 2.24) is 14.5 Å². The minimum Gasteiger partial charge on any atom is -0.316 e. The fourth-order valence-electron chi connectivity index (χ4n) is 14.4. The van der Waals surface area contributed by atoms with Crippen LogP contribution in [0.1, 0.15) is 105 Å². The molecule has 0 amide bonds. The maximum absolute atomic E-state index is 11.9. The number of rotatable bonds is 6. The summed E-state index contributed by atoms with van der Waals surface area (Å²) in [6, 6.07) is 48.1. The van der Waals surface area contributed by atoms with Crippen LogP contribution in [0.3, 0.4) is 0 Å². The highest BCUT2D eigenvalue weighted by Gasteiger charge is 2.59. The molecule has 4 bridgehead atoms. The summed E-state index contributed by atoms with van der Waals surface area (Å²) in [5.41, 5.74) is 23.3. The predicted molar refractivity (Wildman–Crippen MR) is 317 cm³/mol. The van der Waals surface area contributed by atoms with Gasteiger partial charge in [-0.05, 0) is 158 Å². The van der Waals surface area contributed by atoms with Gasteiger partial charge in [0.2, 0.25) is 0 Å². The first-order valence-electron chi connectivity index (χ1n) is 28.2. The van der Waals surface area contributed by atoms with Crippen molar-refractivity contribution in [2.24, 2.45) is 29.6 Å². The van der Waals surface area contributed by atoms with Gasteiger partial charge in [-0.15, -0.1) is 0 Å². The van der Waals surface area contributed by atoms with Gasteiger partial charge in [-0.1, -0.05) is 146 Å². The van der Waals surface area contributed by atoms with Gasteiger partial charge in [-0.2, -0.15) is 10.5 Å². The molecule has 7 heterocycles. The lowest BCUT2D eigenvalue weighted by molar-refractivity contribution is 0.467. The van der Waals surface area contributed by atoms with Crippen LogP contribution in [0.15, 0.2) is 212 Å². The Labute approximate surface area is 462 Å². The van der Waals surface area contributed by atoms with Gasteiger partial charge < -0.3 is 4.57 Å². The Kier molecular flexibility index (Phi) is 11.4. The predicted octanol–water partition coefficient (Wildman–Crippen LogP) is 16.8. The number of hydrogen-bond donors (Lipinski definition) is 0. The molecule has 18 rings (SSSR count). The van der Waals surface area contributed by atoms with Crippen LogP contribution in [0, 0.1) is 58.3 Å². The molecule has 0 saturated heterocycles. The molecule has 6 nitrogen and oxygen atoms in total. The number of benzene rings is 4. The lowest BCUT2D eigenvalue weighted by Gasteiger charge is -2.31. The molecule has 376 valence electrons. The highest BCUT2D eigenvalue weighted by molar-refractivity contribution is 6.00. The second-order valence-electron chi connectivity index (χ2n) is 22.4. The number of nitrogens with zero attached hydrogens (tertiary/aromatic N) is 6. The van der Waals surface area contributed by atoms with Crippen molar-refractivity contribution in [1.29, 1.82) is 10.5 Å². The van der Waals surface area contributed by atoms with Crippen molar-refractivity contribution in [2.75, 3.05) is 0 Å². The Morgan fingerprint density at radius 3 is 2.27 bits per heavy atom. The number of fused-ring (bicyclic) bond motifs is 3. The van der Waals surface area contributed by atoms with E-state index in [9.17, 15) is 10.5 Å². The van der Waals surface area contributed by atoms with E-state index in [1.54, 1.807) is 0 Å². The summed E-state index contributed by atoms with van der Waals surface area (Å²) in [5, 5.41) is 23.6. The van der Waals surface area contributed by atoms with Crippen LogP contribution in [0.4, 0.5) is 5.69 Å². The lowest BCUT2D eigenvalue weighted by atomic mass is 9.66. The zero-order chi connectivity index (χ0) is 52.6. The molecule has 7 unspecified atom stereocenters. The van der Waals surface area contributed by atoms with Crippen LogP contribution in [0.5, 0.6) is 0 Å². The molecule has 7 aliphatic carbocycles. The Morgan fingerprint density at radius 2 is 1.46 bits per heavy atom. The first-order chi connectivity index (χ1) is 39.1. The van der Waals surface area contributed by atoms with Crippen LogP contribution in [0.25, 0.3) is 56.1 Å². The van der Waals surface area contributed by atoms with Gasteiger partial charge in [0, 0.05) is 94.4 Å². The number of hydrogen-bond acceptors (Lipinski definition) is 4. The fourth-order valence-corrected chi connectivity index (χ4v) is 14.4. The van der Waals surface area contributed by atoms with Gasteiger partial charge in [-0.25, -0.2) is 0 Å². The molecular weight excluding hydrogens is 961 g/mol. The molecule has 0 spiro atoms. The van der Waals surface area contributed by atoms with Crippen molar-refractivity contribution in [2.45, 2.75) is 56.8 Å². The highest BCUT2D eigenvalue weighted by atomic mass is 15.0. The molecule has 4 aromatic carbocycles. The van der Waals surface area contributed by atoms with E-state index in [1.807, 2.05) is 24.8 Å². The number of aryl methyl sites for hydroxylation is 1. The van der Waals surface area contributed by atoms with Crippen molar-refractivity contribution in [3.8, 4) is 35.0 Å². The number of pyridine rings is 2. The van der Waals surface area contributed by atoms with E-state index in [1.165, 1.54) is 55.8 Å². The summed E-state index contributed by atoms with van der Waals surface area (Å²) in [5.74, 6) is 0.0658. The number of nitriles is 2. The molecule has 0 radical (unpaired) electrons. The molecule has 79 heavy (non-hydrogen) atoms. The van der Waals surface area contributed by atoms with Crippen LogP contribution in [-0.4, -0.2) is 14.5 Å². The molecule has 1 fully saturated rings. The Hall–Kier alpha value is -9.41. The van der Waals surface area contributed by atoms with E-state index >= 15 is 0 Å². The van der Waals surface area contributed by atoms with Crippen LogP contribution >= 0.6 is 0 Å². The molecule has 3 aromatic heterocycles. The SMILES string of the molecule is N#CC1=C2c3ccc(cc3)C3=CCCc4ccn(c43)-c3ccc(cc3)[N+]#CC2C(C2C3C=CC(c4cncc5c4CCC(c4ccccc4)C=C5)=CC32)C(C#N)=C1c1ccc(-c2cncc3c2C(C2=CCCC=C2)CC=C3)cc1. The standard InChI is InChI=1S/C73H55N6/c74-38-63-68(50-24-20-49(21-25-50)66-43-77-41-55-14-8-15-59(70(55)66)47-11-5-2-6-12-47)64(39-75)72(71-61-34-28-53(37-62(61)71)65-42-76-40-54-26-17-46(27-33-58(54)65)45-9-3-1-4-10-45)67-44-78-56-29-31-57(32-30-56)79-36-35-52-13-7-16-60(73(52)79)48-18-22-51(23-19-48)69(63)67/h1,3-5,8-12,14,16-26,28-32,34-37,40-43,46,59,61-62,67,71-72H,2,6-7,13,15,27,33H2/q+1. The average Bonchev–Trinajstić information content (AvgIpc) is 4.34. The molecule has 7 aromatic rings. The largest absolute Gasteiger partial charge is 0.340 e. The normalized spacial score (nSPS) is 23.6. The van der Waals surface area contributed by atoms with Crippen molar-refractivity contribution >= 4 is 40.1 Å². The minimum absolute atomic E-state index is 0.0359. The van der Waals surface area contributed by atoms with Gasteiger partial charge in [-0.3, -0.25) is 9.97 Å². The van der Waals surface area contributed by atoms with Gasteiger partial charge in [0.05, 0.1) is 17.3 Å². The molecule has 1 saturated carbocycles. The molecular formula is C73H55N6+. The highest BCUT2D eigenvalue weighted by Crippen LogP contribution is 2.63. The maximum Gasteiger partial charge on any atom is 0.340 e. The third-order valence-corrected chi connectivity index (χ3v) is 18.2. The van der Waals surface area contributed by atoms with Crippen LogP contribution < -0.4 is 0 Å². The van der Waals surface area contributed by atoms with Gasteiger partial charge in [0.25, 0.3) is 6.07 Å². The molecule has 11 aliphatic rings. The average molecular weight is 1020 g/mol. The van der Waals surface area contributed by atoms with Gasteiger partial charge in [0.1, 0.15) is 12.0 Å². The first-order valence-corrected chi connectivity index (χ1v) is 28.2. The Morgan fingerprint density at radius 1 is 0.658 bits per heavy atom. The third kappa shape index (κ3) is 7.95. The van der Waals surface area contributed by atoms with Crippen LogP contribution in [0.2, 0.25) is 0 Å². The smallest absolute Gasteiger partial charge is 0.316 e. The zero-order valence-electron chi connectivity index (χ0n) is 43.8. The second kappa shape index (κ2) is 19.2. The van der Waals surface area contributed by atoms with E-state index in [0.29, 0.717) is 22.6 Å². The second-order valence-corrected chi connectivity index (χ2v) is 22.4. The Bertz CT molecular complexity index is 4140. The van der Waals surface area contributed by atoms with E-state index in [0.717, 1.165) is 95.3 Å². The van der Waals surface area contributed by atoms with Crippen LogP contribution in [-0.2, 0) is 12.8 Å². The zero-order valence-corrected chi connectivity index (χ0v) is 43.8. The van der Waals surface area contributed by atoms with Crippen molar-refractivity contribution < 1.29 is 0 Å². The summed E-state index contributed by atoms with van der Waals surface area (Å²) in [6.45, 7) is 0. The summed E-state index contributed by atoms with van der Waals surface area (Å²) in [7, 11) is 0. The monoisotopic (exact) mass is 1020 g/mol. The summed E-state index contributed by atoms with van der Waals surface area (Å²) in [6.07, 6.45) is 42.8. The van der Waals surface area contributed by atoms with E-state index in [4.69, 9.17) is 14.8 Å². The van der Waals surface area contributed by atoms with Gasteiger partial charge >= 0.3 is 5.69 Å². The van der Waals surface area contributed by atoms with E-state index < -0.39 is 5.92 Å². The first kappa shape index (κ1) is 46.9. The molecule has 6 heteroatoms. The lowest BCUT2D eigenvalue weighted by Crippen LogP contribution is -2.26. The van der Waals surface area contributed by atoms with Gasteiger partial charge in [0.15, 0.2) is 0 Å². The quantitative estimate of drug-likeness (QED) is 0.166. The third-order valence-electron chi connectivity index (χ3n) is 18.2. The summed E-state index contributed by atoms with van der Waals surface area (Å²) in [4.78, 5) is 14.8. The van der Waals surface area contributed by atoms with E-state index in [-0.39, 0.29) is 29.6 Å². The molecule has 7 atom stereocenters. The van der Waals surface area contributed by atoms with Crippen molar-refractivity contribution in [3.63, 3.8) is 0 Å². The minimum atomic E-state index is -0.511. The maximum atomic E-state index is 11.9.